The average molecular weight is 250 g/mol. The van der Waals surface area contributed by atoms with Crippen LogP contribution in [-0.4, -0.2) is 23.0 Å². The van der Waals surface area contributed by atoms with Crippen LogP contribution in [0, 0.1) is 10.1 Å². The van der Waals surface area contributed by atoms with Gasteiger partial charge in [0.2, 0.25) is 0 Å². The smallest absolute Gasteiger partial charge is 0.458 e. The molecule has 0 aromatic carbocycles. The number of carbonyl (C=O) groups is 1. The first-order chi connectivity index (χ1) is 7.77. The molecule has 6 nitrogen and oxygen atoms in total. The van der Waals surface area contributed by atoms with Crippen LogP contribution in [0.15, 0.2) is 12.1 Å². The second-order valence-electron chi connectivity index (χ2n) is 2.81. The molecule has 1 rings (SSSR count). The number of hydrogen-bond donors (Lipinski definition) is 0. The first-order valence-corrected chi connectivity index (χ1v) is 4.08. The van der Waals surface area contributed by atoms with Gasteiger partial charge in [0.25, 0.3) is 5.69 Å². The maximum atomic E-state index is 12.5. The maximum absolute atomic E-state index is 12.5. The van der Waals surface area contributed by atoms with Gasteiger partial charge in [-0.05, 0) is 16.0 Å². The molecule has 0 N–H and O–H groups in total. The summed E-state index contributed by atoms with van der Waals surface area (Å²) in [6.07, 6.45) is -4.98. The van der Waals surface area contributed by atoms with Gasteiger partial charge in [-0.3, -0.25) is 0 Å². The highest BCUT2D eigenvalue weighted by Crippen LogP contribution is 2.32. The third-order valence-corrected chi connectivity index (χ3v) is 1.74. The molecule has 0 saturated carbocycles. The molecule has 0 aliphatic rings. The number of esters is 1. The molecule has 0 saturated heterocycles. The fourth-order valence-corrected chi connectivity index (χ4v) is 1.04. The van der Waals surface area contributed by atoms with Crippen LogP contribution in [0.3, 0.4) is 0 Å². The predicted octanol–water partition coefficient (Wildman–Crippen LogP) is 1.80. The van der Waals surface area contributed by atoms with Crippen LogP contribution in [0.2, 0.25) is 0 Å². The fraction of sp³-hybridized carbons (Fsp3) is 0.250. The number of hydrogen-bond acceptors (Lipinski definition) is 5. The molecule has 0 spiro atoms. The van der Waals surface area contributed by atoms with Gasteiger partial charge in [0, 0.05) is 6.07 Å². The highest BCUT2D eigenvalue weighted by atomic mass is 19.4. The molecule has 92 valence electrons. The normalized spacial score (nSPS) is 11.1. The van der Waals surface area contributed by atoms with Crippen LogP contribution in [-0.2, 0) is 10.9 Å². The zero-order valence-electron chi connectivity index (χ0n) is 8.32. The number of carbonyl (C=O) groups excluding carboxylic acids is 1. The van der Waals surface area contributed by atoms with E-state index < -0.39 is 34.1 Å². The van der Waals surface area contributed by atoms with Gasteiger partial charge in [0.1, 0.15) is 5.56 Å². The fourth-order valence-electron chi connectivity index (χ4n) is 1.04. The van der Waals surface area contributed by atoms with E-state index in [1.807, 2.05) is 0 Å². The van der Waals surface area contributed by atoms with Gasteiger partial charge >= 0.3 is 18.0 Å². The molecule has 0 fully saturated rings. The minimum absolute atomic E-state index is 0.653. The molecule has 0 atom stereocenters. The van der Waals surface area contributed by atoms with Gasteiger partial charge in [-0.2, -0.15) is 13.2 Å². The summed E-state index contributed by atoms with van der Waals surface area (Å²) in [5.74, 6) is -2.26. The summed E-state index contributed by atoms with van der Waals surface area (Å²) in [7, 11) is 0.893. The second-order valence-corrected chi connectivity index (χ2v) is 2.81. The molecule has 0 unspecified atom stereocenters. The minimum Gasteiger partial charge on any atom is -0.465 e. The lowest BCUT2D eigenvalue weighted by Gasteiger charge is -2.06. The quantitative estimate of drug-likeness (QED) is 0.454. The summed E-state index contributed by atoms with van der Waals surface area (Å²) in [5, 5.41) is 10.3. The number of pyridine rings is 1. The Morgan fingerprint density at radius 2 is 2.06 bits per heavy atom. The molecule has 0 aliphatic heterocycles. The summed E-state index contributed by atoms with van der Waals surface area (Å²) >= 11 is 0. The number of alkyl halides is 3. The molecule has 0 bridgehead atoms. The number of ether oxygens (including phenoxy) is 1. The molecule has 17 heavy (non-hydrogen) atoms. The average Bonchev–Trinajstić information content (AvgIpc) is 2.26. The number of nitro groups is 1. The highest BCUT2D eigenvalue weighted by Gasteiger charge is 2.43. The Morgan fingerprint density at radius 3 is 2.47 bits per heavy atom. The standard InChI is InChI=1S/C8H5F3N2O4/c1-17-7(14)4-2-3-5(13(15)16)12-6(4)8(9,10)11/h2-3H,1H3. The van der Waals surface area contributed by atoms with E-state index in [4.69, 9.17) is 0 Å². The van der Waals surface area contributed by atoms with Crippen molar-refractivity contribution >= 4 is 11.8 Å². The summed E-state index contributed by atoms with van der Waals surface area (Å²) in [6, 6.07) is 1.35. The van der Waals surface area contributed by atoms with Crippen molar-refractivity contribution in [3.05, 3.63) is 33.5 Å². The van der Waals surface area contributed by atoms with E-state index >= 15 is 0 Å². The van der Waals surface area contributed by atoms with Crippen molar-refractivity contribution in [2.24, 2.45) is 0 Å². The Hall–Kier alpha value is -2.19. The molecule has 1 aromatic rings. The van der Waals surface area contributed by atoms with Crippen LogP contribution in [0.4, 0.5) is 19.0 Å². The van der Waals surface area contributed by atoms with Crippen molar-refractivity contribution in [1.29, 1.82) is 0 Å². The third kappa shape index (κ3) is 2.68. The molecule has 0 radical (unpaired) electrons. The van der Waals surface area contributed by atoms with Gasteiger partial charge in [0.05, 0.1) is 7.11 Å². The lowest BCUT2D eigenvalue weighted by Crippen LogP contribution is -2.17. The summed E-state index contributed by atoms with van der Waals surface area (Å²) in [4.78, 5) is 23.0. The molecule has 1 heterocycles. The highest BCUT2D eigenvalue weighted by molar-refractivity contribution is 5.90. The minimum atomic E-state index is -4.98. The Bertz CT molecular complexity index is 472. The van der Waals surface area contributed by atoms with E-state index in [1.165, 1.54) is 0 Å². The van der Waals surface area contributed by atoms with Crippen molar-refractivity contribution in [2.75, 3.05) is 7.11 Å². The Labute approximate surface area is 92.2 Å². The number of nitrogens with zero attached hydrogens (tertiary/aromatic N) is 2. The summed E-state index contributed by atoms with van der Waals surface area (Å²) < 4.78 is 41.6. The lowest BCUT2D eigenvalue weighted by molar-refractivity contribution is -0.390. The van der Waals surface area contributed by atoms with Crippen molar-refractivity contribution in [1.82, 2.24) is 4.98 Å². The van der Waals surface area contributed by atoms with E-state index in [2.05, 4.69) is 9.72 Å². The van der Waals surface area contributed by atoms with E-state index in [1.54, 1.807) is 0 Å². The number of halogens is 3. The molecular formula is C8H5F3N2O4. The second kappa shape index (κ2) is 4.36. The van der Waals surface area contributed by atoms with Crippen molar-refractivity contribution in [3.8, 4) is 0 Å². The Morgan fingerprint density at radius 1 is 1.47 bits per heavy atom. The topological polar surface area (TPSA) is 82.3 Å². The number of methoxy groups -OCH3 is 1. The maximum Gasteiger partial charge on any atom is 0.458 e. The SMILES string of the molecule is COC(=O)c1ccc([N+](=O)[O-])nc1C(F)(F)F. The number of rotatable bonds is 2. The number of aromatic nitrogens is 1. The monoisotopic (exact) mass is 250 g/mol. The molecule has 0 aliphatic carbocycles. The lowest BCUT2D eigenvalue weighted by atomic mass is 10.2. The van der Waals surface area contributed by atoms with Gasteiger partial charge in [0.15, 0.2) is 0 Å². The zero-order valence-corrected chi connectivity index (χ0v) is 8.32. The molecular weight excluding hydrogens is 245 g/mol. The van der Waals surface area contributed by atoms with Gasteiger partial charge in [-0.15, -0.1) is 0 Å². The summed E-state index contributed by atoms with van der Waals surface area (Å²) in [5.41, 5.74) is -2.51. The molecule has 9 heteroatoms. The Kier molecular flexibility index (Phi) is 3.30. The van der Waals surface area contributed by atoms with Crippen LogP contribution in [0.25, 0.3) is 0 Å². The first-order valence-electron chi connectivity index (χ1n) is 4.08. The van der Waals surface area contributed by atoms with Crippen molar-refractivity contribution < 1.29 is 27.6 Å². The predicted molar refractivity (Wildman–Crippen MR) is 47.2 cm³/mol. The van der Waals surface area contributed by atoms with Gasteiger partial charge in [-0.1, -0.05) is 0 Å². The van der Waals surface area contributed by atoms with Crippen LogP contribution >= 0.6 is 0 Å². The summed E-state index contributed by atoms with van der Waals surface area (Å²) in [6.45, 7) is 0. The van der Waals surface area contributed by atoms with Gasteiger partial charge in [-0.25, -0.2) is 4.79 Å². The van der Waals surface area contributed by atoms with Gasteiger partial charge < -0.3 is 14.9 Å². The van der Waals surface area contributed by atoms with E-state index in [9.17, 15) is 28.1 Å². The zero-order chi connectivity index (χ0) is 13.2. The molecule has 0 amide bonds. The third-order valence-electron chi connectivity index (χ3n) is 1.74. The van der Waals surface area contributed by atoms with E-state index in [-0.39, 0.29) is 0 Å². The van der Waals surface area contributed by atoms with E-state index in [0.717, 1.165) is 7.11 Å². The van der Waals surface area contributed by atoms with Crippen LogP contribution in [0.1, 0.15) is 16.1 Å². The van der Waals surface area contributed by atoms with Crippen LogP contribution < -0.4 is 0 Å². The van der Waals surface area contributed by atoms with E-state index in [0.29, 0.717) is 12.1 Å². The van der Waals surface area contributed by atoms with Crippen LogP contribution in [0.5, 0.6) is 0 Å². The molecule has 1 aromatic heterocycles. The van der Waals surface area contributed by atoms with Crippen molar-refractivity contribution in [2.45, 2.75) is 6.18 Å². The largest absolute Gasteiger partial charge is 0.465 e. The van der Waals surface area contributed by atoms with Crippen molar-refractivity contribution in [3.63, 3.8) is 0 Å². The first kappa shape index (κ1) is 12.9. The Balaban J connectivity index is 3.42.